The number of nitrogens with zero attached hydrogens (tertiary/aromatic N) is 1. The number of rotatable bonds is 5. The van der Waals surface area contributed by atoms with Gasteiger partial charge in [0.1, 0.15) is 5.82 Å². The first-order chi connectivity index (χ1) is 9.97. The maximum atomic E-state index is 13.2. The van der Waals surface area contributed by atoms with Gasteiger partial charge in [-0.25, -0.2) is 4.39 Å². The maximum Gasteiger partial charge on any atom is 0.179 e. The van der Waals surface area contributed by atoms with E-state index in [0.29, 0.717) is 17.1 Å². The molecular formula is C17H17ClFNO. The number of likely N-dealkylation sites (N-methyl/N-ethyl adjacent to an activating group) is 1. The van der Waals surface area contributed by atoms with Crippen molar-refractivity contribution in [2.24, 2.45) is 0 Å². The quantitative estimate of drug-likeness (QED) is 0.772. The molecule has 2 rings (SSSR count). The Labute approximate surface area is 129 Å². The Morgan fingerprint density at radius 1 is 1.24 bits per heavy atom. The number of carbonyl (C=O) groups excluding carboxylic acids is 1. The van der Waals surface area contributed by atoms with Gasteiger partial charge in [-0.05, 0) is 43.8 Å². The fraction of sp³-hybridized carbons (Fsp3) is 0.235. The molecule has 2 aromatic rings. The van der Waals surface area contributed by atoms with E-state index in [1.807, 2.05) is 24.9 Å². The van der Waals surface area contributed by atoms with Crippen LogP contribution < -0.4 is 0 Å². The monoisotopic (exact) mass is 305 g/mol. The van der Waals surface area contributed by atoms with Crippen molar-refractivity contribution in [2.75, 3.05) is 7.05 Å². The minimum absolute atomic E-state index is 0.00333. The van der Waals surface area contributed by atoms with Crippen molar-refractivity contribution in [3.63, 3.8) is 0 Å². The zero-order valence-electron chi connectivity index (χ0n) is 12.0. The van der Waals surface area contributed by atoms with Gasteiger partial charge in [0.25, 0.3) is 0 Å². The van der Waals surface area contributed by atoms with Crippen molar-refractivity contribution < 1.29 is 9.18 Å². The molecule has 2 nitrogen and oxygen atoms in total. The van der Waals surface area contributed by atoms with Gasteiger partial charge in [-0.15, -0.1) is 0 Å². The van der Waals surface area contributed by atoms with E-state index in [1.165, 1.54) is 12.1 Å². The van der Waals surface area contributed by atoms with Gasteiger partial charge in [-0.1, -0.05) is 35.9 Å². The van der Waals surface area contributed by atoms with Crippen LogP contribution in [0.1, 0.15) is 22.8 Å². The second kappa shape index (κ2) is 6.83. The van der Waals surface area contributed by atoms with Gasteiger partial charge in [0.05, 0.1) is 6.04 Å². The third-order valence-electron chi connectivity index (χ3n) is 3.47. The summed E-state index contributed by atoms with van der Waals surface area (Å²) in [5.41, 5.74) is 1.42. The summed E-state index contributed by atoms with van der Waals surface area (Å²) in [5.74, 6) is -0.272. The van der Waals surface area contributed by atoms with Crippen molar-refractivity contribution in [1.29, 1.82) is 0 Å². The minimum atomic E-state index is -0.313. The number of carbonyl (C=O) groups is 1. The molecule has 0 amide bonds. The topological polar surface area (TPSA) is 20.3 Å². The maximum absolute atomic E-state index is 13.2. The van der Waals surface area contributed by atoms with Crippen molar-refractivity contribution >= 4 is 17.4 Å². The molecule has 0 aliphatic heterocycles. The smallest absolute Gasteiger partial charge is 0.179 e. The number of ketones is 1. The van der Waals surface area contributed by atoms with Crippen LogP contribution in [0.2, 0.25) is 5.02 Å². The van der Waals surface area contributed by atoms with Crippen molar-refractivity contribution in [2.45, 2.75) is 19.5 Å². The Balaban J connectivity index is 2.08. The molecule has 4 heteroatoms. The third kappa shape index (κ3) is 4.13. The Morgan fingerprint density at radius 3 is 2.62 bits per heavy atom. The van der Waals surface area contributed by atoms with Gasteiger partial charge in [-0.2, -0.15) is 0 Å². The summed E-state index contributed by atoms with van der Waals surface area (Å²) in [6, 6.07) is 13.0. The summed E-state index contributed by atoms with van der Waals surface area (Å²) < 4.78 is 13.2. The summed E-state index contributed by atoms with van der Waals surface area (Å²) in [6.45, 7) is 2.34. The Morgan fingerprint density at radius 2 is 1.95 bits per heavy atom. The molecule has 0 fully saturated rings. The van der Waals surface area contributed by atoms with Crippen LogP contribution in [0.25, 0.3) is 0 Å². The van der Waals surface area contributed by atoms with Crippen molar-refractivity contribution in [1.82, 2.24) is 4.90 Å². The summed E-state index contributed by atoms with van der Waals surface area (Å²) in [6.07, 6.45) is 0. The lowest BCUT2D eigenvalue weighted by molar-refractivity contribution is 0.0862. The highest BCUT2D eigenvalue weighted by molar-refractivity contribution is 6.31. The summed E-state index contributed by atoms with van der Waals surface area (Å²) in [4.78, 5) is 14.3. The molecule has 0 heterocycles. The predicted molar refractivity (Wildman–Crippen MR) is 83.1 cm³/mol. The van der Waals surface area contributed by atoms with E-state index >= 15 is 0 Å². The Kier molecular flexibility index (Phi) is 5.10. The molecule has 1 atom stereocenters. The molecule has 0 saturated carbocycles. The van der Waals surface area contributed by atoms with Gasteiger partial charge in [-0.3, -0.25) is 9.69 Å². The van der Waals surface area contributed by atoms with Crippen molar-refractivity contribution in [3.05, 3.63) is 70.5 Å². The van der Waals surface area contributed by atoms with E-state index in [4.69, 9.17) is 11.6 Å². The van der Waals surface area contributed by atoms with Gasteiger partial charge in [0.15, 0.2) is 5.78 Å². The fourth-order valence-electron chi connectivity index (χ4n) is 2.14. The van der Waals surface area contributed by atoms with Crippen LogP contribution in [0, 0.1) is 5.82 Å². The number of hydrogen-bond acceptors (Lipinski definition) is 2. The highest BCUT2D eigenvalue weighted by atomic mass is 35.5. The number of benzene rings is 2. The first kappa shape index (κ1) is 15.7. The standard InChI is InChI=1S/C17H17ClFNO/c1-12(17(21)14-6-4-7-15(18)10-14)20(2)11-13-5-3-8-16(19)9-13/h3-10,12H,11H2,1-2H3. The largest absolute Gasteiger partial charge is 0.292 e. The summed E-state index contributed by atoms with van der Waals surface area (Å²) in [7, 11) is 1.85. The average Bonchev–Trinajstić information content (AvgIpc) is 2.45. The van der Waals surface area contributed by atoms with E-state index < -0.39 is 0 Å². The van der Waals surface area contributed by atoms with E-state index in [-0.39, 0.29) is 17.6 Å². The minimum Gasteiger partial charge on any atom is -0.292 e. The van der Waals surface area contributed by atoms with Crippen LogP contribution in [0.3, 0.4) is 0 Å². The predicted octanol–water partition coefficient (Wildman–Crippen LogP) is 4.18. The lowest BCUT2D eigenvalue weighted by Crippen LogP contribution is -2.35. The first-order valence-electron chi connectivity index (χ1n) is 6.72. The SMILES string of the molecule is CC(C(=O)c1cccc(Cl)c1)N(C)Cc1cccc(F)c1. The first-order valence-corrected chi connectivity index (χ1v) is 7.09. The van der Waals surface area contributed by atoms with Crippen LogP contribution in [0.15, 0.2) is 48.5 Å². The lowest BCUT2D eigenvalue weighted by atomic mass is 10.0. The van der Waals surface area contributed by atoms with Gasteiger partial charge < -0.3 is 0 Å². The van der Waals surface area contributed by atoms with Gasteiger partial charge in [0, 0.05) is 17.1 Å². The molecule has 0 aliphatic carbocycles. The highest BCUT2D eigenvalue weighted by Crippen LogP contribution is 2.15. The molecule has 110 valence electrons. The molecule has 0 N–H and O–H groups in total. The molecule has 1 unspecified atom stereocenters. The van der Waals surface area contributed by atoms with Crippen LogP contribution in [-0.4, -0.2) is 23.8 Å². The Hall–Kier alpha value is -1.71. The van der Waals surface area contributed by atoms with E-state index in [1.54, 1.807) is 30.3 Å². The molecule has 0 saturated heterocycles. The molecule has 0 spiro atoms. The van der Waals surface area contributed by atoms with E-state index in [0.717, 1.165) is 5.56 Å². The van der Waals surface area contributed by atoms with Crippen LogP contribution >= 0.6 is 11.6 Å². The molecule has 2 aromatic carbocycles. The molecular weight excluding hydrogens is 289 g/mol. The second-order valence-electron chi connectivity index (χ2n) is 5.10. The zero-order chi connectivity index (χ0) is 15.4. The number of Topliss-reactive ketones (excluding diaryl/α,β-unsaturated/α-hetero) is 1. The summed E-state index contributed by atoms with van der Waals surface area (Å²) in [5, 5.41) is 0.542. The van der Waals surface area contributed by atoms with E-state index in [9.17, 15) is 9.18 Å². The Bertz CT molecular complexity index is 644. The van der Waals surface area contributed by atoms with Gasteiger partial charge >= 0.3 is 0 Å². The molecule has 0 bridgehead atoms. The highest BCUT2D eigenvalue weighted by Gasteiger charge is 2.20. The van der Waals surface area contributed by atoms with Crippen LogP contribution in [0.5, 0.6) is 0 Å². The lowest BCUT2D eigenvalue weighted by Gasteiger charge is -2.23. The second-order valence-corrected chi connectivity index (χ2v) is 5.53. The molecule has 0 aromatic heterocycles. The van der Waals surface area contributed by atoms with Crippen LogP contribution in [-0.2, 0) is 6.54 Å². The van der Waals surface area contributed by atoms with Crippen molar-refractivity contribution in [3.8, 4) is 0 Å². The van der Waals surface area contributed by atoms with Crippen LogP contribution in [0.4, 0.5) is 4.39 Å². The zero-order valence-corrected chi connectivity index (χ0v) is 12.8. The molecule has 21 heavy (non-hydrogen) atoms. The third-order valence-corrected chi connectivity index (χ3v) is 3.71. The average molecular weight is 306 g/mol. The van der Waals surface area contributed by atoms with E-state index in [2.05, 4.69) is 0 Å². The van der Waals surface area contributed by atoms with Gasteiger partial charge in [0.2, 0.25) is 0 Å². The number of halogens is 2. The fourth-order valence-corrected chi connectivity index (χ4v) is 2.33. The molecule has 0 radical (unpaired) electrons. The normalized spacial score (nSPS) is 12.4. The summed E-state index contributed by atoms with van der Waals surface area (Å²) >= 11 is 5.91. The molecule has 0 aliphatic rings. The number of hydrogen-bond donors (Lipinski definition) is 0.